The maximum absolute atomic E-state index is 15.2. The van der Waals surface area contributed by atoms with Gasteiger partial charge < -0.3 is 30.2 Å². The smallest absolute Gasteiger partial charge is 0.407 e. The number of alkyl carbamates (subject to hydrolysis) is 1. The molecule has 1 saturated heterocycles. The maximum atomic E-state index is 15.2. The van der Waals surface area contributed by atoms with Crippen LogP contribution in [0.15, 0.2) is 91.1 Å². The van der Waals surface area contributed by atoms with Crippen LogP contribution in [0.5, 0.6) is 11.5 Å². The Kier molecular flexibility index (Phi) is 11.2. The number of benzene rings is 3. The van der Waals surface area contributed by atoms with E-state index >= 15 is 4.39 Å². The van der Waals surface area contributed by atoms with Gasteiger partial charge in [0.2, 0.25) is 5.91 Å². The molecule has 9 nitrogen and oxygen atoms in total. The number of fused-ring (bicyclic) bond motifs is 1. The molecule has 12 heteroatoms. The van der Waals surface area contributed by atoms with E-state index in [0.29, 0.717) is 24.5 Å². The summed E-state index contributed by atoms with van der Waals surface area (Å²) in [4.78, 5) is 30.4. The van der Waals surface area contributed by atoms with Gasteiger partial charge in [-0.3, -0.25) is 9.78 Å². The van der Waals surface area contributed by atoms with Crippen LogP contribution in [0.3, 0.4) is 0 Å². The minimum Gasteiger partial charge on any atom is -0.453 e. The highest BCUT2D eigenvalue weighted by Crippen LogP contribution is 2.40. The molecule has 3 aromatic carbocycles. The van der Waals surface area contributed by atoms with Crippen molar-refractivity contribution in [3.8, 4) is 21.9 Å². The van der Waals surface area contributed by atoms with Gasteiger partial charge >= 0.3 is 6.09 Å². The van der Waals surface area contributed by atoms with Crippen LogP contribution in [-0.4, -0.2) is 46.5 Å². The van der Waals surface area contributed by atoms with Gasteiger partial charge in [-0.25, -0.2) is 9.18 Å². The SMILES string of the molecule is CC(C)(C)OC(=O)NC(Cc1ccc(-c2cc3nccc(Oc4ccc(NC(=S)NC(=O)Cc5ccccc5)cc4F)c3s2)cc1)C1CCCO1. The van der Waals surface area contributed by atoms with E-state index in [1.54, 1.807) is 18.3 Å². The third-order valence-corrected chi connectivity index (χ3v) is 9.45. The van der Waals surface area contributed by atoms with Crippen molar-refractivity contribution in [2.45, 2.75) is 64.2 Å². The van der Waals surface area contributed by atoms with Crippen LogP contribution in [0, 0.1) is 5.82 Å². The van der Waals surface area contributed by atoms with Crippen LogP contribution in [0.1, 0.15) is 44.7 Å². The maximum Gasteiger partial charge on any atom is 0.407 e. The highest BCUT2D eigenvalue weighted by atomic mass is 32.1. The number of nitrogens with zero attached hydrogens (tertiary/aromatic N) is 1. The molecule has 51 heavy (non-hydrogen) atoms. The van der Waals surface area contributed by atoms with Crippen LogP contribution >= 0.6 is 23.6 Å². The zero-order valence-corrected chi connectivity index (χ0v) is 30.2. The molecule has 0 aliphatic carbocycles. The Bertz CT molecular complexity index is 2010. The van der Waals surface area contributed by atoms with Crippen LogP contribution in [0.4, 0.5) is 14.9 Å². The molecule has 2 amide bonds. The van der Waals surface area contributed by atoms with Gasteiger partial charge in [-0.05, 0) is 87.1 Å². The summed E-state index contributed by atoms with van der Waals surface area (Å²) in [6.07, 6.45) is 3.72. The molecule has 0 bridgehead atoms. The summed E-state index contributed by atoms with van der Waals surface area (Å²) in [6.45, 7) is 6.21. The number of aromatic nitrogens is 1. The molecule has 264 valence electrons. The summed E-state index contributed by atoms with van der Waals surface area (Å²) in [5.74, 6) is -0.364. The van der Waals surface area contributed by atoms with Gasteiger partial charge in [0.25, 0.3) is 0 Å². The zero-order chi connectivity index (χ0) is 36.0. The topological polar surface area (TPSA) is 111 Å². The van der Waals surface area contributed by atoms with Gasteiger partial charge in [-0.2, -0.15) is 0 Å². The molecule has 1 aliphatic rings. The number of ether oxygens (including phenoxy) is 3. The number of rotatable bonds is 10. The van der Waals surface area contributed by atoms with Gasteiger partial charge in [-0.15, -0.1) is 11.3 Å². The number of hydrogen-bond donors (Lipinski definition) is 3. The minimum atomic E-state index is -0.599. The van der Waals surface area contributed by atoms with E-state index in [-0.39, 0.29) is 35.3 Å². The molecular weight excluding hydrogens is 688 g/mol. The van der Waals surface area contributed by atoms with Crippen molar-refractivity contribution in [3.63, 3.8) is 0 Å². The molecule has 3 N–H and O–H groups in total. The molecule has 0 spiro atoms. The van der Waals surface area contributed by atoms with E-state index in [4.69, 9.17) is 26.4 Å². The first-order valence-corrected chi connectivity index (χ1v) is 17.9. The lowest BCUT2D eigenvalue weighted by molar-refractivity contribution is -0.119. The quantitative estimate of drug-likeness (QED) is 0.123. The fourth-order valence-corrected chi connectivity index (χ4v) is 7.05. The molecule has 2 aromatic heterocycles. The Balaban J connectivity index is 1.10. The van der Waals surface area contributed by atoms with E-state index in [1.165, 1.54) is 23.5 Å². The third kappa shape index (κ3) is 9.87. The Morgan fingerprint density at radius 1 is 1.02 bits per heavy atom. The van der Waals surface area contributed by atoms with Gasteiger partial charge in [0.05, 0.1) is 28.8 Å². The van der Waals surface area contributed by atoms with Crippen LogP contribution in [-0.2, 0) is 27.1 Å². The Morgan fingerprint density at radius 2 is 1.80 bits per heavy atom. The molecule has 1 fully saturated rings. The van der Waals surface area contributed by atoms with Crippen molar-refractivity contribution in [2.75, 3.05) is 11.9 Å². The second-order valence-corrected chi connectivity index (χ2v) is 14.7. The van der Waals surface area contributed by atoms with Crippen molar-refractivity contribution < 1.29 is 28.2 Å². The van der Waals surface area contributed by atoms with Crippen molar-refractivity contribution in [2.24, 2.45) is 0 Å². The standard InChI is InChI=1S/C39H39FN4O5S2/c1-39(2,3)49-38(46)43-29(32-10-7-19-47-32)20-25-11-13-26(14-12-25)34-23-30-36(51-34)33(17-18-41-30)48-31-16-15-27(22-28(31)40)42-37(50)44-35(45)21-24-8-5-4-6-9-24/h4-6,8-9,11-18,22-23,29,32H,7,10,19-21H2,1-3H3,(H,43,46)(H2,42,44,45,50). The van der Waals surface area contributed by atoms with Crippen LogP contribution < -0.4 is 20.7 Å². The average molecular weight is 727 g/mol. The van der Waals surface area contributed by atoms with Gasteiger partial charge in [0.1, 0.15) is 11.4 Å². The molecular formula is C39H39FN4O5S2. The normalized spacial score (nSPS) is 14.9. The van der Waals surface area contributed by atoms with Gasteiger partial charge in [-0.1, -0.05) is 54.6 Å². The summed E-state index contributed by atoms with van der Waals surface area (Å²) < 4.78 is 33.5. The summed E-state index contributed by atoms with van der Waals surface area (Å²) >= 11 is 6.76. The van der Waals surface area contributed by atoms with Gasteiger partial charge in [0, 0.05) is 35.5 Å². The first-order valence-electron chi connectivity index (χ1n) is 16.7. The second kappa shape index (κ2) is 16.0. The largest absolute Gasteiger partial charge is 0.453 e. The minimum absolute atomic E-state index is 0.0344. The van der Waals surface area contributed by atoms with Crippen molar-refractivity contribution >= 4 is 56.6 Å². The number of carbonyl (C=O) groups is 2. The number of halogens is 1. The predicted octanol–water partition coefficient (Wildman–Crippen LogP) is 8.57. The van der Waals surface area contributed by atoms with Crippen LogP contribution in [0.2, 0.25) is 0 Å². The Morgan fingerprint density at radius 3 is 2.51 bits per heavy atom. The fourth-order valence-electron chi connectivity index (χ4n) is 5.74. The first kappa shape index (κ1) is 35.9. The van der Waals surface area contributed by atoms with E-state index in [2.05, 4.69) is 33.1 Å². The summed E-state index contributed by atoms with van der Waals surface area (Å²) in [7, 11) is 0. The van der Waals surface area contributed by atoms with Crippen molar-refractivity contribution in [1.82, 2.24) is 15.6 Å². The molecule has 3 heterocycles. The Labute approximate surface area is 305 Å². The number of hydrogen-bond acceptors (Lipinski definition) is 8. The molecule has 6 rings (SSSR count). The second-order valence-electron chi connectivity index (χ2n) is 13.3. The lowest BCUT2D eigenvalue weighted by Gasteiger charge is -2.27. The molecule has 0 radical (unpaired) electrons. The summed E-state index contributed by atoms with van der Waals surface area (Å²) in [5, 5.41) is 8.57. The van der Waals surface area contributed by atoms with E-state index in [9.17, 15) is 9.59 Å². The van der Waals surface area contributed by atoms with Crippen molar-refractivity contribution in [3.05, 3.63) is 108 Å². The van der Waals surface area contributed by atoms with Crippen LogP contribution in [0.25, 0.3) is 20.7 Å². The molecule has 5 aromatic rings. The van der Waals surface area contributed by atoms with E-state index in [0.717, 1.165) is 44.6 Å². The number of anilines is 1. The van der Waals surface area contributed by atoms with E-state index in [1.807, 2.05) is 69.3 Å². The fraction of sp³-hybridized carbons (Fsp3) is 0.282. The average Bonchev–Trinajstić information content (AvgIpc) is 3.77. The molecule has 0 saturated carbocycles. The predicted molar refractivity (Wildman–Crippen MR) is 202 cm³/mol. The number of thiocarbonyl (C=S) groups is 1. The van der Waals surface area contributed by atoms with Gasteiger partial charge in [0.15, 0.2) is 16.7 Å². The zero-order valence-electron chi connectivity index (χ0n) is 28.5. The number of amides is 2. The lowest BCUT2D eigenvalue weighted by Crippen LogP contribution is -2.46. The Hall–Kier alpha value is -4.91. The van der Waals surface area contributed by atoms with Crippen molar-refractivity contribution in [1.29, 1.82) is 0 Å². The number of nitrogens with one attached hydrogen (secondary N) is 3. The third-order valence-electron chi connectivity index (χ3n) is 8.06. The molecule has 2 atom stereocenters. The first-order chi connectivity index (χ1) is 24.5. The number of pyridine rings is 1. The highest BCUT2D eigenvalue weighted by Gasteiger charge is 2.29. The molecule has 2 unspecified atom stereocenters. The molecule has 1 aliphatic heterocycles. The summed E-state index contributed by atoms with van der Waals surface area (Å²) in [5.41, 5.74) is 3.42. The lowest BCUT2D eigenvalue weighted by atomic mass is 9.98. The number of thiophene rings is 1. The monoisotopic (exact) mass is 726 g/mol. The summed E-state index contributed by atoms with van der Waals surface area (Å²) in [6, 6.07) is 25.4. The van der Waals surface area contributed by atoms with E-state index < -0.39 is 17.5 Å². The number of carbonyl (C=O) groups excluding carboxylic acids is 2. The highest BCUT2D eigenvalue weighted by molar-refractivity contribution is 7.80.